The van der Waals surface area contributed by atoms with Gasteiger partial charge in [-0.05, 0) is 0 Å². The molecule has 1 heterocycles. The Hall–Kier alpha value is -0.920. The number of hydrazine groups is 1. The van der Waals surface area contributed by atoms with Crippen molar-refractivity contribution in [2.75, 3.05) is 26.2 Å². The molecule has 14 heavy (non-hydrogen) atoms. The summed E-state index contributed by atoms with van der Waals surface area (Å²) in [6.45, 7) is 0.912. The third kappa shape index (κ3) is 3.09. The van der Waals surface area contributed by atoms with Crippen LogP contribution < -0.4 is 5.73 Å². The molecule has 0 bridgehead atoms. The van der Waals surface area contributed by atoms with Gasteiger partial charge >= 0.3 is 0 Å². The number of ether oxygens (including phenoxy) is 1. The molecule has 80 valence electrons. The standard InChI is InChI=1S/C6H11ClN4O3/c7-5-3-10(1-2-14-5)11(9-13)4-6(8)12/h5H,1-4H2,(H2,8,12). The van der Waals surface area contributed by atoms with Crippen molar-refractivity contribution in [1.82, 2.24) is 10.1 Å². The van der Waals surface area contributed by atoms with E-state index in [9.17, 15) is 9.70 Å². The van der Waals surface area contributed by atoms with E-state index in [0.717, 1.165) is 5.12 Å². The summed E-state index contributed by atoms with van der Waals surface area (Å²) in [5.41, 5.74) is 4.44. The molecule has 1 atom stereocenters. The SMILES string of the molecule is NC(=O)CN(N=O)N1CCOC(Cl)C1. The van der Waals surface area contributed by atoms with Gasteiger partial charge in [0.15, 0.2) is 0 Å². The highest BCUT2D eigenvalue weighted by molar-refractivity contribution is 6.19. The fraction of sp³-hybridized carbons (Fsp3) is 0.833. The summed E-state index contributed by atoms with van der Waals surface area (Å²) in [6.07, 6.45) is 0. The van der Waals surface area contributed by atoms with Crippen molar-refractivity contribution in [2.24, 2.45) is 11.0 Å². The number of morpholine rings is 1. The molecule has 0 aromatic carbocycles. The number of carbonyl (C=O) groups excluding carboxylic acids is 1. The van der Waals surface area contributed by atoms with Gasteiger partial charge in [0.05, 0.1) is 18.4 Å². The van der Waals surface area contributed by atoms with Gasteiger partial charge in [-0.25, -0.2) is 0 Å². The number of hydrogen-bond acceptors (Lipinski definition) is 5. The molecule has 1 aliphatic heterocycles. The largest absolute Gasteiger partial charge is 0.368 e. The maximum atomic E-state index is 10.6. The molecular formula is C6H11ClN4O3. The number of carbonyl (C=O) groups is 1. The number of hydrogen-bond donors (Lipinski definition) is 1. The average Bonchev–Trinajstić information content (AvgIpc) is 2.14. The highest BCUT2D eigenvalue weighted by Crippen LogP contribution is 2.11. The van der Waals surface area contributed by atoms with E-state index in [1.165, 1.54) is 5.01 Å². The summed E-state index contributed by atoms with van der Waals surface area (Å²) >= 11 is 5.70. The molecule has 0 aliphatic carbocycles. The van der Waals surface area contributed by atoms with Crippen LogP contribution in [0.1, 0.15) is 0 Å². The first-order valence-electron chi connectivity index (χ1n) is 4.03. The first-order valence-corrected chi connectivity index (χ1v) is 4.46. The van der Waals surface area contributed by atoms with Crippen molar-refractivity contribution < 1.29 is 9.53 Å². The molecule has 1 fully saturated rings. The lowest BCUT2D eigenvalue weighted by molar-refractivity contribution is -0.133. The molecule has 0 aromatic heterocycles. The number of nitrogens with two attached hydrogens (primary N) is 1. The summed E-state index contributed by atoms with van der Waals surface area (Å²) in [4.78, 5) is 21.0. The molecule has 1 amide bonds. The lowest BCUT2D eigenvalue weighted by atomic mass is 10.5. The van der Waals surface area contributed by atoms with Gasteiger partial charge in [0.1, 0.15) is 12.1 Å². The second kappa shape index (κ2) is 5.08. The zero-order valence-electron chi connectivity index (χ0n) is 7.43. The Bertz CT molecular complexity index is 227. The van der Waals surface area contributed by atoms with Crippen LogP contribution in [0.3, 0.4) is 0 Å². The lowest BCUT2D eigenvalue weighted by Gasteiger charge is -2.34. The van der Waals surface area contributed by atoms with Crippen molar-refractivity contribution in [3.05, 3.63) is 4.91 Å². The molecule has 0 aromatic rings. The van der Waals surface area contributed by atoms with Crippen LogP contribution in [0.4, 0.5) is 0 Å². The summed E-state index contributed by atoms with van der Waals surface area (Å²) in [6, 6.07) is 0. The Balaban J connectivity index is 2.50. The van der Waals surface area contributed by atoms with Crippen molar-refractivity contribution in [3.8, 4) is 0 Å². The third-order valence-electron chi connectivity index (χ3n) is 1.72. The van der Waals surface area contributed by atoms with Crippen LogP contribution in [-0.2, 0) is 9.53 Å². The fourth-order valence-corrected chi connectivity index (χ4v) is 1.37. The molecule has 0 spiro atoms. The van der Waals surface area contributed by atoms with Crippen LogP contribution in [-0.4, -0.2) is 47.8 Å². The minimum atomic E-state index is -0.623. The Morgan fingerprint density at radius 3 is 3.00 bits per heavy atom. The van der Waals surface area contributed by atoms with E-state index in [1.54, 1.807) is 0 Å². The molecule has 0 saturated carbocycles. The lowest BCUT2D eigenvalue weighted by Crippen LogP contribution is -2.50. The van der Waals surface area contributed by atoms with E-state index >= 15 is 0 Å². The first kappa shape index (κ1) is 11.2. The zero-order chi connectivity index (χ0) is 10.6. The number of nitroso groups, excluding NO2 is 1. The van der Waals surface area contributed by atoms with Gasteiger partial charge in [-0.3, -0.25) is 4.79 Å². The van der Waals surface area contributed by atoms with Crippen molar-refractivity contribution in [1.29, 1.82) is 0 Å². The Labute approximate surface area is 85.6 Å². The van der Waals surface area contributed by atoms with E-state index in [4.69, 9.17) is 22.1 Å². The van der Waals surface area contributed by atoms with Gasteiger partial charge < -0.3 is 10.5 Å². The third-order valence-corrected chi connectivity index (χ3v) is 1.98. The Kier molecular flexibility index (Phi) is 4.05. The van der Waals surface area contributed by atoms with Crippen molar-refractivity contribution in [3.63, 3.8) is 0 Å². The highest BCUT2D eigenvalue weighted by atomic mass is 35.5. The maximum Gasteiger partial charge on any atom is 0.240 e. The second-order valence-corrected chi connectivity index (χ2v) is 3.26. The zero-order valence-corrected chi connectivity index (χ0v) is 8.18. The monoisotopic (exact) mass is 222 g/mol. The van der Waals surface area contributed by atoms with E-state index in [-0.39, 0.29) is 6.54 Å². The van der Waals surface area contributed by atoms with Crippen molar-refractivity contribution >= 4 is 17.5 Å². The van der Waals surface area contributed by atoms with Crippen LogP contribution in [0, 0.1) is 4.91 Å². The van der Waals surface area contributed by atoms with E-state index in [0.29, 0.717) is 19.7 Å². The Morgan fingerprint density at radius 2 is 2.50 bits per heavy atom. The predicted octanol–water partition coefficient (Wildman–Crippen LogP) is -0.733. The van der Waals surface area contributed by atoms with E-state index < -0.39 is 11.5 Å². The van der Waals surface area contributed by atoms with Gasteiger partial charge in [-0.1, -0.05) is 11.6 Å². The highest BCUT2D eigenvalue weighted by Gasteiger charge is 2.24. The van der Waals surface area contributed by atoms with Crippen LogP contribution in [0.25, 0.3) is 0 Å². The quantitative estimate of drug-likeness (QED) is 0.385. The number of rotatable bonds is 4. The van der Waals surface area contributed by atoms with Gasteiger partial charge in [-0.15, -0.1) is 4.91 Å². The number of amides is 1. The summed E-state index contributed by atoms with van der Waals surface area (Å²) < 4.78 is 5.04. The van der Waals surface area contributed by atoms with Crippen LogP contribution in [0.15, 0.2) is 5.29 Å². The molecule has 0 radical (unpaired) electrons. The van der Waals surface area contributed by atoms with Crippen molar-refractivity contribution in [2.45, 2.75) is 5.56 Å². The number of alkyl halides is 1. The molecular weight excluding hydrogens is 212 g/mol. The normalized spacial score (nSPS) is 23.1. The topological polar surface area (TPSA) is 88.2 Å². The molecule has 1 rings (SSSR count). The van der Waals surface area contributed by atoms with Gasteiger partial charge in [-0.2, -0.15) is 10.1 Å². The van der Waals surface area contributed by atoms with Gasteiger partial charge in [0, 0.05) is 6.54 Å². The first-order chi connectivity index (χ1) is 6.63. The molecule has 7 nitrogen and oxygen atoms in total. The maximum absolute atomic E-state index is 10.6. The van der Waals surface area contributed by atoms with E-state index in [1.807, 2.05) is 0 Å². The van der Waals surface area contributed by atoms with Gasteiger partial charge in [0.25, 0.3) is 0 Å². The molecule has 2 N–H and O–H groups in total. The molecule has 1 unspecified atom stereocenters. The predicted molar refractivity (Wildman–Crippen MR) is 48.9 cm³/mol. The van der Waals surface area contributed by atoms with Crippen LogP contribution in [0.2, 0.25) is 0 Å². The minimum Gasteiger partial charge on any atom is -0.368 e. The van der Waals surface area contributed by atoms with Gasteiger partial charge in [0.2, 0.25) is 5.91 Å². The number of halogens is 1. The van der Waals surface area contributed by atoms with Crippen LogP contribution in [0.5, 0.6) is 0 Å². The smallest absolute Gasteiger partial charge is 0.240 e. The average molecular weight is 223 g/mol. The molecule has 1 aliphatic rings. The Morgan fingerprint density at radius 1 is 1.79 bits per heavy atom. The summed E-state index contributed by atoms with van der Waals surface area (Å²) in [5.74, 6) is -0.623. The second-order valence-electron chi connectivity index (χ2n) is 2.77. The summed E-state index contributed by atoms with van der Waals surface area (Å²) in [5, 5.41) is 5.17. The van der Waals surface area contributed by atoms with E-state index in [2.05, 4.69) is 5.29 Å². The molecule has 1 saturated heterocycles. The number of primary amides is 1. The summed E-state index contributed by atoms with van der Waals surface area (Å²) in [7, 11) is 0. The minimum absolute atomic E-state index is 0.243. The fourth-order valence-electron chi connectivity index (χ4n) is 1.13. The molecule has 8 heteroatoms. The number of nitrogens with zero attached hydrogens (tertiary/aromatic N) is 3. The van der Waals surface area contributed by atoms with Crippen LogP contribution >= 0.6 is 11.6 Å².